The predicted molar refractivity (Wildman–Crippen MR) is 80.5 cm³/mol. The van der Waals surface area contributed by atoms with Gasteiger partial charge in [-0.1, -0.05) is 31.2 Å². The van der Waals surface area contributed by atoms with E-state index in [1.54, 1.807) is 0 Å². The van der Waals surface area contributed by atoms with E-state index in [1.165, 1.54) is 10.9 Å². The molecule has 0 bridgehead atoms. The molecule has 1 aliphatic rings. The summed E-state index contributed by atoms with van der Waals surface area (Å²) in [5, 5.41) is 1.17. The molecular formula is C16H21N3O. The van der Waals surface area contributed by atoms with Crippen LogP contribution in [0.2, 0.25) is 0 Å². The van der Waals surface area contributed by atoms with Gasteiger partial charge in [-0.05, 0) is 18.2 Å². The Balaban J connectivity index is 2.10. The fourth-order valence-corrected chi connectivity index (χ4v) is 3.10. The van der Waals surface area contributed by atoms with Gasteiger partial charge in [-0.3, -0.25) is 9.88 Å². The lowest BCUT2D eigenvalue weighted by molar-refractivity contribution is -0.0654. The van der Waals surface area contributed by atoms with Gasteiger partial charge in [0.25, 0.3) is 0 Å². The SMILES string of the molecule is CCN1CCOC(CN)C1c1cccc2cccnc12. The highest BCUT2D eigenvalue weighted by molar-refractivity contribution is 5.82. The van der Waals surface area contributed by atoms with Crippen LogP contribution in [0.15, 0.2) is 36.5 Å². The van der Waals surface area contributed by atoms with Gasteiger partial charge in [0.2, 0.25) is 0 Å². The van der Waals surface area contributed by atoms with Gasteiger partial charge in [0, 0.05) is 24.7 Å². The van der Waals surface area contributed by atoms with Crippen LogP contribution in [0.3, 0.4) is 0 Å². The highest BCUT2D eigenvalue weighted by Crippen LogP contribution is 2.32. The Morgan fingerprint density at radius 1 is 1.35 bits per heavy atom. The number of likely N-dealkylation sites (N-methyl/N-ethyl adjacent to an activating group) is 1. The molecule has 1 aliphatic heterocycles. The third kappa shape index (κ3) is 2.30. The average Bonchev–Trinajstić information content (AvgIpc) is 2.53. The van der Waals surface area contributed by atoms with Crippen molar-refractivity contribution in [3.63, 3.8) is 0 Å². The van der Waals surface area contributed by atoms with Gasteiger partial charge >= 0.3 is 0 Å². The van der Waals surface area contributed by atoms with Gasteiger partial charge in [0.1, 0.15) is 0 Å². The van der Waals surface area contributed by atoms with E-state index in [-0.39, 0.29) is 12.1 Å². The van der Waals surface area contributed by atoms with Gasteiger partial charge in [-0.25, -0.2) is 0 Å². The highest BCUT2D eigenvalue weighted by Gasteiger charge is 2.33. The largest absolute Gasteiger partial charge is 0.374 e. The molecule has 0 aliphatic carbocycles. The van der Waals surface area contributed by atoms with Crippen molar-refractivity contribution >= 4 is 10.9 Å². The molecule has 4 heteroatoms. The molecule has 0 amide bonds. The molecule has 2 aromatic rings. The standard InChI is InChI=1S/C16H21N3O/c1-2-19-9-10-20-14(11-17)16(19)13-7-3-5-12-6-4-8-18-15(12)13/h3-8,14,16H,2,9-11,17H2,1H3. The summed E-state index contributed by atoms with van der Waals surface area (Å²) in [5.74, 6) is 0. The van der Waals surface area contributed by atoms with Crippen molar-refractivity contribution < 1.29 is 4.74 Å². The van der Waals surface area contributed by atoms with Crippen molar-refractivity contribution in [2.45, 2.75) is 19.1 Å². The molecule has 0 spiro atoms. The smallest absolute Gasteiger partial charge is 0.0895 e. The molecule has 2 atom stereocenters. The summed E-state index contributed by atoms with van der Waals surface area (Å²) in [6.45, 7) is 5.41. The predicted octanol–water partition coefficient (Wildman–Crippen LogP) is 1.96. The zero-order valence-corrected chi connectivity index (χ0v) is 11.8. The van der Waals surface area contributed by atoms with Crippen LogP contribution in [0, 0.1) is 0 Å². The summed E-state index contributed by atoms with van der Waals surface area (Å²) in [5.41, 5.74) is 8.20. The lowest BCUT2D eigenvalue weighted by atomic mass is 9.95. The normalized spacial score (nSPS) is 24.1. The van der Waals surface area contributed by atoms with Gasteiger partial charge in [-0.2, -0.15) is 0 Å². The number of benzene rings is 1. The Hall–Kier alpha value is -1.49. The number of morpholine rings is 1. The maximum absolute atomic E-state index is 5.92. The Kier molecular flexibility index (Phi) is 3.96. The number of aromatic nitrogens is 1. The van der Waals surface area contributed by atoms with E-state index in [2.05, 4.69) is 41.1 Å². The Labute approximate surface area is 119 Å². The molecule has 106 valence electrons. The van der Waals surface area contributed by atoms with Gasteiger partial charge in [-0.15, -0.1) is 0 Å². The zero-order valence-electron chi connectivity index (χ0n) is 11.8. The third-order valence-corrected chi connectivity index (χ3v) is 4.08. The van der Waals surface area contributed by atoms with Crippen molar-refractivity contribution in [2.24, 2.45) is 5.73 Å². The van der Waals surface area contributed by atoms with Crippen LogP contribution in [-0.4, -0.2) is 42.2 Å². The molecule has 0 radical (unpaired) electrons. The minimum atomic E-state index is 0.0382. The van der Waals surface area contributed by atoms with Crippen LogP contribution < -0.4 is 5.73 Å². The number of fused-ring (bicyclic) bond motifs is 1. The number of rotatable bonds is 3. The number of ether oxygens (including phenoxy) is 1. The number of pyridine rings is 1. The first-order valence-electron chi connectivity index (χ1n) is 7.24. The van der Waals surface area contributed by atoms with E-state index in [0.717, 1.165) is 25.2 Å². The number of nitrogens with two attached hydrogens (primary N) is 1. The second-order valence-corrected chi connectivity index (χ2v) is 5.14. The lowest BCUT2D eigenvalue weighted by Gasteiger charge is -2.40. The summed E-state index contributed by atoms with van der Waals surface area (Å²) in [4.78, 5) is 7.01. The van der Waals surface area contributed by atoms with E-state index in [9.17, 15) is 0 Å². The average molecular weight is 271 g/mol. The maximum atomic E-state index is 5.92. The van der Waals surface area contributed by atoms with E-state index < -0.39 is 0 Å². The van der Waals surface area contributed by atoms with Gasteiger partial charge in [0.15, 0.2) is 0 Å². The number of hydrogen-bond acceptors (Lipinski definition) is 4. The molecule has 2 unspecified atom stereocenters. The molecule has 1 fully saturated rings. The monoisotopic (exact) mass is 271 g/mol. The first-order chi connectivity index (χ1) is 9.85. The van der Waals surface area contributed by atoms with Gasteiger partial charge < -0.3 is 10.5 Å². The number of hydrogen-bond donors (Lipinski definition) is 1. The summed E-state index contributed by atoms with van der Waals surface area (Å²) in [6, 6.07) is 10.6. The molecule has 2 heterocycles. The van der Waals surface area contributed by atoms with Crippen LogP contribution in [0.25, 0.3) is 10.9 Å². The summed E-state index contributed by atoms with van der Waals surface area (Å²) in [7, 11) is 0. The Morgan fingerprint density at radius 2 is 2.20 bits per heavy atom. The van der Waals surface area contributed by atoms with Crippen LogP contribution in [0.4, 0.5) is 0 Å². The number of nitrogens with zero attached hydrogens (tertiary/aromatic N) is 2. The van der Waals surface area contributed by atoms with Crippen LogP contribution in [-0.2, 0) is 4.74 Å². The quantitative estimate of drug-likeness (QED) is 0.927. The molecular weight excluding hydrogens is 250 g/mol. The fourth-order valence-electron chi connectivity index (χ4n) is 3.10. The first-order valence-corrected chi connectivity index (χ1v) is 7.24. The summed E-state index contributed by atoms with van der Waals surface area (Å²) >= 11 is 0. The summed E-state index contributed by atoms with van der Waals surface area (Å²) in [6.07, 6.45) is 1.89. The van der Waals surface area contributed by atoms with Crippen molar-refractivity contribution in [3.8, 4) is 0 Å². The van der Waals surface area contributed by atoms with Crippen LogP contribution >= 0.6 is 0 Å². The molecule has 4 nitrogen and oxygen atoms in total. The first kappa shape index (κ1) is 13.5. The zero-order chi connectivity index (χ0) is 13.9. The van der Waals surface area contributed by atoms with Crippen LogP contribution in [0.1, 0.15) is 18.5 Å². The Morgan fingerprint density at radius 3 is 3.00 bits per heavy atom. The van der Waals surface area contributed by atoms with E-state index in [0.29, 0.717) is 6.54 Å². The topological polar surface area (TPSA) is 51.4 Å². The highest BCUT2D eigenvalue weighted by atomic mass is 16.5. The molecule has 2 N–H and O–H groups in total. The number of para-hydroxylation sites is 1. The van der Waals surface area contributed by atoms with Crippen molar-refractivity contribution in [1.29, 1.82) is 0 Å². The van der Waals surface area contributed by atoms with E-state index in [1.807, 2.05) is 12.3 Å². The second-order valence-electron chi connectivity index (χ2n) is 5.14. The molecule has 3 rings (SSSR count). The summed E-state index contributed by atoms with van der Waals surface area (Å²) < 4.78 is 5.88. The van der Waals surface area contributed by atoms with E-state index >= 15 is 0 Å². The minimum absolute atomic E-state index is 0.0382. The van der Waals surface area contributed by atoms with Crippen LogP contribution in [0.5, 0.6) is 0 Å². The molecule has 0 saturated carbocycles. The fraction of sp³-hybridized carbons (Fsp3) is 0.438. The Bertz CT molecular complexity index is 569. The van der Waals surface area contributed by atoms with Crippen molar-refractivity contribution in [2.75, 3.05) is 26.2 Å². The minimum Gasteiger partial charge on any atom is -0.374 e. The van der Waals surface area contributed by atoms with Crippen molar-refractivity contribution in [1.82, 2.24) is 9.88 Å². The molecule has 1 aromatic heterocycles. The third-order valence-electron chi connectivity index (χ3n) is 4.08. The van der Waals surface area contributed by atoms with E-state index in [4.69, 9.17) is 10.5 Å². The van der Waals surface area contributed by atoms with Crippen molar-refractivity contribution in [3.05, 3.63) is 42.1 Å². The molecule has 20 heavy (non-hydrogen) atoms. The second kappa shape index (κ2) is 5.87. The maximum Gasteiger partial charge on any atom is 0.0895 e. The molecule has 1 saturated heterocycles. The van der Waals surface area contributed by atoms with Gasteiger partial charge in [0.05, 0.1) is 24.3 Å². The molecule has 1 aromatic carbocycles. The lowest BCUT2D eigenvalue weighted by Crippen LogP contribution is -2.48.